The number of anilines is 3. The van der Waals surface area contributed by atoms with E-state index in [1.165, 1.54) is 6.33 Å². The van der Waals surface area contributed by atoms with Crippen LogP contribution in [0.2, 0.25) is 5.02 Å². The third-order valence-electron chi connectivity index (χ3n) is 5.98. The first kappa shape index (κ1) is 22.4. The Kier molecular flexibility index (Phi) is 6.21. The molecule has 0 aliphatic carbocycles. The summed E-state index contributed by atoms with van der Waals surface area (Å²) in [6.07, 6.45) is 3.14. The minimum Gasteiger partial charge on any atom is -0.434 e. The number of H-pyrrole nitrogens is 1. The highest BCUT2D eigenvalue weighted by atomic mass is 35.5. The number of piperazine rings is 1. The number of aryl methyl sites for hydroxylation is 1. The molecule has 8 nitrogen and oxygen atoms in total. The number of hydrogen-bond donors (Lipinski definition) is 2. The monoisotopic (exact) mass is 481 g/mol. The molecular formula is C24H25ClFN7O. The number of rotatable bonds is 6. The van der Waals surface area contributed by atoms with Gasteiger partial charge in [-0.25, -0.2) is 14.4 Å². The Morgan fingerprint density at radius 3 is 2.68 bits per heavy atom. The molecule has 4 heterocycles. The maximum absolute atomic E-state index is 14.9. The number of hydrogen-bond acceptors (Lipinski definition) is 7. The van der Waals surface area contributed by atoms with Gasteiger partial charge in [-0.05, 0) is 43.8 Å². The van der Waals surface area contributed by atoms with Crippen LogP contribution in [0, 0.1) is 12.7 Å². The predicted molar refractivity (Wildman–Crippen MR) is 132 cm³/mol. The van der Waals surface area contributed by atoms with Crippen molar-refractivity contribution in [2.24, 2.45) is 0 Å². The summed E-state index contributed by atoms with van der Waals surface area (Å²) in [5, 5.41) is 3.67. The second kappa shape index (κ2) is 9.44. The second-order valence-electron chi connectivity index (χ2n) is 8.18. The molecule has 4 aromatic rings. The van der Waals surface area contributed by atoms with Crippen molar-refractivity contribution in [3.05, 3.63) is 59.4 Å². The van der Waals surface area contributed by atoms with Crippen molar-refractivity contribution >= 4 is 39.8 Å². The van der Waals surface area contributed by atoms with Crippen LogP contribution in [0.15, 0.2) is 42.9 Å². The van der Waals surface area contributed by atoms with Gasteiger partial charge in [-0.15, -0.1) is 0 Å². The van der Waals surface area contributed by atoms with Gasteiger partial charge < -0.3 is 24.8 Å². The minimum absolute atomic E-state index is 0.0312. The largest absolute Gasteiger partial charge is 0.434 e. The normalized spacial score (nSPS) is 14.5. The number of halogens is 2. The van der Waals surface area contributed by atoms with Gasteiger partial charge in [0.15, 0.2) is 17.4 Å². The molecule has 0 spiro atoms. The van der Waals surface area contributed by atoms with Crippen molar-refractivity contribution in [3.8, 4) is 11.6 Å². The van der Waals surface area contributed by atoms with Gasteiger partial charge in [-0.1, -0.05) is 18.5 Å². The summed E-state index contributed by atoms with van der Waals surface area (Å²) in [6, 6.07) is 8.92. The summed E-state index contributed by atoms with van der Waals surface area (Å²) in [7, 11) is 0. The summed E-state index contributed by atoms with van der Waals surface area (Å²) in [5.74, 6) is 0.502. The van der Waals surface area contributed by atoms with Crippen molar-refractivity contribution in [2.75, 3.05) is 42.9 Å². The third kappa shape index (κ3) is 4.49. The molecule has 0 unspecified atom stereocenters. The average molecular weight is 482 g/mol. The lowest BCUT2D eigenvalue weighted by Crippen LogP contribution is -2.46. The van der Waals surface area contributed by atoms with Gasteiger partial charge in [-0.2, -0.15) is 4.98 Å². The summed E-state index contributed by atoms with van der Waals surface area (Å²) < 4.78 is 20.6. The number of fused-ring (bicyclic) bond motifs is 1. The van der Waals surface area contributed by atoms with Crippen molar-refractivity contribution in [1.29, 1.82) is 0 Å². The maximum Gasteiger partial charge on any atom is 0.243 e. The van der Waals surface area contributed by atoms with E-state index in [-0.39, 0.29) is 16.7 Å². The zero-order chi connectivity index (χ0) is 23.7. The summed E-state index contributed by atoms with van der Waals surface area (Å²) in [5.41, 5.74) is 2.63. The van der Waals surface area contributed by atoms with E-state index in [0.717, 1.165) is 44.1 Å². The molecule has 1 aromatic carbocycles. The Labute approximate surface area is 201 Å². The first-order valence-corrected chi connectivity index (χ1v) is 11.6. The van der Waals surface area contributed by atoms with E-state index in [0.29, 0.717) is 22.5 Å². The molecular weight excluding hydrogens is 457 g/mol. The lowest BCUT2D eigenvalue weighted by Gasteiger charge is -2.35. The van der Waals surface area contributed by atoms with Crippen LogP contribution >= 0.6 is 11.6 Å². The fourth-order valence-electron chi connectivity index (χ4n) is 4.07. The van der Waals surface area contributed by atoms with Crippen LogP contribution in [-0.2, 0) is 0 Å². The molecule has 2 N–H and O–H groups in total. The molecule has 1 saturated heterocycles. The number of pyridine rings is 1. The highest BCUT2D eigenvalue weighted by molar-refractivity contribution is 6.34. The standard InChI is InChI=1S/C24H25ClFN7O/c1-3-32-8-10-33(11-9-32)16-4-7-20(27-13-16)31-23-21(25)24(29-14-28-23)34-19-6-5-18-17(22(19)26)12-15(2)30-18/h4-7,12-14,30H,3,8-11H2,1-2H3,(H,27,28,29,31). The van der Waals surface area contributed by atoms with Gasteiger partial charge in [0.1, 0.15) is 17.2 Å². The number of likely N-dealkylation sites (N-methyl/N-ethyl adjacent to an activating group) is 1. The first-order chi connectivity index (χ1) is 16.5. The van der Waals surface area contributed by atoms with E-state index < -0.39 is 5.82 Å². The highest BCUT2D eigenvalue weighted by Gasteiger charge is 2.18. The van der Waals surface area contributed by atoms with Crippen molar-refractivity contribution in [2.45, 2.75) is 13.8 Å². The van der Waals surface area contributed by atoms with Crippen LogP contribution in [0.1, 0.15) is 12.6 Å². The maximum atomic E-state index is 14.9. The molecule has 34 heavy (non-hydrogen) atoms. The Bertz CT molecular complexity index is 1300. The van der Waals surface area contributed by atoms with Gasteiger partial charge in [0.25, 0.3) is 0 Å². The number of aromatic amines is 1. The summed E-state index contributed by atoms with van der Waals surface area (Å²) in [6.45, 7) is 9.18. The van der Waals surface area contributed by atoms with Crippen LogP contribution in [-0.4, -0.2) is 57.6 Å². The Morgan fingerprint density at radius 1 is 1.12 bits per heavy atom. The van der Waals surface area contributed by atoms with E-state index in [4.69, 9.17) is 16.3 Å². The second-order valence-corrected chi connectivity index (χ2v) is 8.56. The summed E-state index contributed by atoms with van der Waals surface area (Å²) in [4.78, 5) is 20.6. The quantitative estimate of drug-likeness (QED) is 0.395. The molecule has 0 saturated carbocycles. The number of nitrogens with zero attached hydrogens (tertiary/aromatic N) is 5. The third-order valence-corrected chi connectivity index (χ3v) is 6.32. The molecule has 0 amide bonds. The van der Waals surface area contributed by atoms with Crippen LogP contribution in [0.5, 0.6) is 11.6 Å². The number of ether oxygens (including phenoxy) is 1. The van der Waals surface area contributed by atoms with E-state index in [1.807, 2.05) is 25.3 Å². The van der Waals surface area contributed by atoms with Gasteiger partial charge in [0, 0.05) is 42.8 Å². The van der Waals surface area contributed by atoms with Crippen molar-refractivity contribution in [3.63, 3.8) is 0 Å². The van der Waals surface area contributed by atoms with Gasteiger partial charge in [-0.3, -0.25) is 0 Å². The molecule has 0 radical (unpaired) electrons. The number of aromatic nitrogens is 4. The van der Waals surface area contributed by atoms with Crippen molar-refractivity contribution in [1.82, 2.24) is 24.8 Å². The van der Waals surface area contributed by atoms with Crippen molar-refractivity contribution < 1.29 is 9.13 Å². The molecule has 5 rings (SSSR count). The zero-order valence-electron chi connectivity index (χ0n) is 19.0. The smallest absolute Gasteiger partial charge is 0.243 e. The van der Waals surface area contributed by atoms with Crippen LogP contribution in [0.3, 0.4) is 0 Å². The number of benzene rings is 1. The molecule has 1 fully saturated rings. The molecule has 0 bridgehead atoms. The fourth-order valence-corrected chi connectivity index (χ4v) is 4.26. The van der Waals surface area contributed by atoms with Gasteiger partial charge in [0.2, 0.25) is 5.88 Å². The van der Waals surface area contributed by atoms with E-state index in [1.54, 1.807) is 18.2 Å². The van der Waals surface area contributed by atoms with E-state index in [9.17, 15) is 4.39 Å². The Balaban J connectivity index is 1.31. The van der Waals surface area contributed by atoms with Gasteiger partial charge in [0.05, 0.1) is 11.9 Å². The summed E-state index contributed by atoms with van der Waals surface area (Å²) >= 11 is 6.48. The molecule has 1 aliphatic rings. The molecule has 0 atom stereocenters. The van der Waals surface area contributed by atoms with E-state index in [2.05, 4.69) is 42.0 Å². The highest BCUT2D eigenvalue weighted by Crippen LogP contribution is 2.35. The van der Waals surface area contributed by atoms with E-state index >= 15 is 0 Å². The molecule has 3 aromatic heterocycles. The Morgan fingerprint density at radius 2 is 1.94 bits per heavy atom. The lowest BCUT2D eigenvalue weighted by molar-refractivity contribution is 0.271. The fraction of sp³-hybridized carbons (Fsp3) is 0.292. The predicted octanol–water partition coefficient (Wildman–Crippen LogP) is 5.13. The van der Waals surface area contributed by atoms with Crippen LogP contribution in [0.4, 0.5) is 21.7 Å². The first-order valence-electron chi connectivity index (χ1n) is 11.2. The molecule has 1 aliphatic heterocycles. The Hall–Kier alpha value is -3.43. The minimum atomic E-state index is -0.483. The number of nitrogens with one attached hydrogen (secondary N) is 2. The van der Waals surface area contributed by atoms with Crippen LogP contribution < -0.4 is 15.0 Å². The average Bonchev–Trinajstić information content (AvgIpc) is 3.25. The van der Waals surface area contributed by atoms with Crippen LogP contribution in [0.25, 0.3) is 10.9 Å². The SMILES string of the molecule is CCN1CCN(c2ccc(Nc3ncnc(Oc4ccc5[nH]c(C)cc5c4F)c3Cl)nc2)CC1. The molecule has 176 valence electrons. The topological polar surface area (TPSA) is 82.2 Å². The van der Waals surface area contributed by atoms with Gasteiger partial charge >= 0.3 is 0 Å². The lowest BCUT2D eigenvalue weighted by atomic mass is 10.2. The zero-order valence-corrected chi connectivity index (χ0v) is 19.7. The molecule has 10 heteroatoms.